The number of pyridine rings is 1. The molecule has 1 fully saturated rings. The summed E-state index contributed by atoms with van der Waals surface area (Å²) in [6.45, 7) is 0. The van der Waals surface area contributed by atoms with Crippen molar-refractivity contribution >= 4 is 17.4 Å². The molecule has 1 heterocycles. The fourth-order valence-corrected chi connectivity index (χ4v) is 1.74. The number of rotatable bonds is 3. The number of aromatic nitrogens is 1. The van der Waals surface area contributed by atoms with Gasteiger partial charge in [-0.2, -0.15) is 0 Å². The average Bonchev–Trinajstić information content (AvgIpc) is 2.10. The molecule has 1 N–H and O–H groups in total. The van der Waals surface area contributed by atoms with Crippen molar-refractivity contribution in [2.45, 2.75) is 25.0 Å². The standard InChI is InChI=1S/C10H13ClN2O/c1-14-8-5-7(6-8)12-10-4-2-3-9(11)13-10/h2-4,7-8H,5-6H2,1H3,(H,12,13). The van der Waals surface area contributed by atoms with Gasteiger partial charge in [0.2, 0.25) is 0 Å². The third-order valence-corrected chi connectivity index (χ3v) is 2.71. The van der Waals surface area contributed by atoms with Crippen LogP contribution in [0.15, 0.2) is 18.2 Å². The maximum Gasteiger partial charge on any atom is 0.131 e. The molecule has 1 aromatic heterocycles. The Morgan fingerprint density at radius 1 is 1.50 bits per heavy atom. The Morgan fingerprint density at radius 3 is 2.93 bits per heavy atom. The van der Waals surface area contributed by atoms with E-state index >= 15 is 0 Å². The summed E-state index contributed by atoms with van der Waals surface area (Å²) >= 11 is 5.77. The molecule has 0 unspecified atom stereocenters. The number of methoxy groups -OCH3 is 1. The van der Waals surface area contributed by atoms with Crippen LogP contribution in [0.25, 0.3) is 0 Å². The minimum absolute atomic E-state index is 0.409. The zero-order valence-corrected chi connectivity index (χ0v) is 8.79. The monoisotopic (exact) mass is 212 g/mol. The van der Waals surface area contributed by atoms with Crippen LogP contribution in [0.1, 0.15) is 12.8 Å². The van der Waals surface area contributed by atoms with Gasteiger partial charge >= 0.3 is 0 Å². The molecule has 0 aliphatic heterocycles. The third kappa shape index (κ3) is 2.16. The summed E-state index contributed by atoms with van der Waals surface area (Å²) in [5.74, 6) is 0.844. The van der Waals surface area contributed by atoms with Gasteiger partial charge in [0, 0.05) is 13.2 Å². The van der Waals surface area contributed by atoms with E-state index in [4.69, 9.17) is 16.3 Å². The topological polar surface area (TPSA) is 34.1 Å². The van der Waals surface area contributed by atoms with Gasteiger partial charge in [-0.15, -0.1) is 0 Å². The first-order valence-corrected chi connectivity index (χ1v) is 5.07. The Hall–Kier alpha value is -0.800. The Labute approximate surface area is 88.4 Å². The van der Waals surface area contributed by atoms with Crippen LogP contribution < -0.4 is 5.32 Å². The Balaban J connectivity index is 1.87. The van der Waals surface area contributed by atoms with Crippen LogP contribution >= 0.6 is 11.6 Å². The number of nitrogens with one attached hydrogen (secondary N) is 1. The highest BCUT2D eigenvalue weighted by atomic mass is 35.5. The van der Waals surface area contributed by atoms with Gasteiger partial charge in [0.15, 0.2) is 0 Å². The molecule has 0 saturated heterocycles. The van der Waals surface area contributed by atoms with Gasteiger partial charge in [0.25, 0.3) is 0 Å². The molecule has 2 rings (SSSR count). The van der Waals surface area contributed by atoms with E-state index in [-0.39, 0.29) is 0 Å². The molecule has 0 atom stereocenters. The summed E-state index contributed by atoms with van der Waals surface area (Å²) in [6, 6.07) is 6.06. The lowest BCUT2D eigenvalue weighted by Gasteiger charge is -2.34. The lowest BCUT2D eigenvalue weighted by molar-refractivity contribution is 0.0328. The van der Waals surface area contributed by atoms with Crippen molar-refractivity contribution < 1.29 is 4.74 Å². The molecule has 1 saturated carbocycles. The first-order valence-electron chi connectivity index (χ1n) is 4.70. The first-order chi connectivity index (χ1) is 6.78. The van der Waals surface area contributed by atoms with E-state index < -0.39 is 0 Å². The lowest BCUT2D eigenvalue weighted by Crippen LogP contribution is -2.40. The zero-order valence-electron chi connectivity index (χ0n) is 8.03. The third-order valence-electron chi connectivity index (χ3n) is 2.50. The number of hydrogen-bond donors (Lipinski definition) is 1. The molecule has 0 bridgehead atoms. The SMILES string of the molecule is COC1CC(Nc2cccc(Cl)n2)C1. The Morgan fingerprint density at radius 2 is 2.29 bits per heavy atom. The van der Waals surface area contributed by atoms with Crippen LogP contribution in [0.3, 0.4) is 0 Å². The van der Waals surface area contributed by atoms with Crippen molar-refractivity contribution in [3.8, 4) is 0 Å². The number of halogens is 1. The quantitative estimate of drug-likeness (QED) is 0.781. The van der Waals surface area contributed by atoms with E-state index in [9.17, 15) is 0 Å². The second kappa shape index (κ2) is 4.15. The van der Waals surface area contributed by atoms with Crippen LogP contribution in [0.5, 0.6) is 0 Å². The summed E-state index contributed by atoms with van der Waals surface area (Å²) in [4.78, 5) is 4.16. The molecular weight excluding hydrogens is 200 g/mol. The smallest absolute Gasteiger partial charge is 0.131 e. The van der Waals surface area contributed by atoms with Crippen LogP contribution in [0.2, 0.25) is 5.15 Å². The van der Waals surface area contributed by atoms with E-state index in [1.807, 2.05) is 12.1 Å². The Bertz CT molecular complexity index is 313. The predicted octanol–water partition coefficient (Wildman–Crippen LogP) is 2.32. The zero-order chi connectivity index (χ0) is 9.97. The van der Waals surface area contributed by atoms with Gasteiger partial charge < -0.3 is 10.1 Å². The van der Waals surface area contributed by atoms with Gasteiger partial charge in [-0.3, -0.25) is 0 Å². The highest BCUT2D eigenvalue weighted by molar-refractivity contribution is 6.29. The van der Waals surface area contributed by atoms with Crippen molar-refractivity contribution in [2.75, 3.05) is 12.4 Å². The summed E-state index contributed by atoms with van der Waals surface area (Å²) < 4.78 is 5.19. The molecule has 0 aromatic carbocycles. The molecule has 1 aliphatic carbocycles. The molecule has 0 spiro atoms. The molecule has 1 aromatic rings. The average molecular weight is 213 g/mol. The largest absolute Gasteiger partial charge is 0.381 e. The number of ether oxygens (including phenoxy) is 1. The summed E-state index contributed by atoms with van der Waals surface area (Å²) in [6.07, 6.45) is 2.50. The molecule has 76 valence electrons. The molecular formula is C10H13ClN2O. The highest BCUT2D eigenvalue weighted by Gasteiger charge is 2.28. The van der Waals surface area contributed by atoms with Crippen molar-refractivity contribution in [1.29, 1.82) is 0 Å². The van der Waals surface area contributed by atoms with Gasteiger partial charge in [0.05, 0.1) is 6.10 Å². The van der Waals surface area contributed by atoms with Gasteiger partial charge in [-0.05, 0) is 25.0 Å². The van der Waals surface area contributed by atoms with E-state index in [1.165, 1.54) is 0 Å². The van der Waals surface area contributed by atoms with Crippen LogP contribution in [-0.4, -0.2) is 24.2 Å². The second-order valence-corrected chi connectivity index (χ2v) is 3.90. The second-order valence-electron chi connectivity index (χ2n) is 3.52. The first kappa shape index (κ1) is 9.74. The van der Waals surface area contributed by atoms with Gasteiger partial charge in [-0.25, -0.2) is 4.98 Å². The maximum atomic E-state index is 5.77. The molecule has 0 amide bonds. The molecule has 3 nitrogen and oxygen atoms in total. The van der Waals surface area contributed by atoms with E-state index in [2.05, 4.69) is 10.3 Å². The number of nitrogens with zero attached hydrogens (tertiary/aromatic N) is 1. The minimum Gasteiger partial charge on any atom is -0.381 e. The maximum absolute atomic E-state index is 5.77. The number of anilines is 1. The summed E-state index contributed by atoms with van der Waals surface area (Å²) in [5.41, 5.74) is 0. The highest BCUT2D eigenvalue weighted by Crippen LogP contribution is 2.25. The molecule has 4 heteroatoms. The summed E-state index contributed by atoms with van der Waals surface area (Å²) in [5, 5.41) is 3.83. The lowest BCUT2D eigenvalue weighted by atomic mass is 9.89. The van der Waals surface area contributed by atoms with Crippen molar-refractivity contribution in [1.82, 2.24) is 4.98 Å². The van der Waals surface area contributed by atoms with E-state index in [0.29, 0.717) is 17.3 Å². The van der Waals surface area contributed by atoms with Crippen LogP contribution in [0, 0.1) is 0 Å². The minimum atomic E-state index is 0.409. The molecule has 0 radical (unpaired) electrons. The van der Waals surface area contributed by atoms with E-state index in [0.717, 1.165) is 18.7 Å². The number of hydrogen-bond acceptors (Lipinski definition) is 3. The Kier molecular flexibility index (Phi) is 2.89. The van der Waals surface area contributed by atoms with Crippen molar-refractivity contribution in [3.63, 3.8) is 0 Å². The van der Waals surface area contributed by atoms with Crippen molar-refractivity contribution in [3.05, 3.63) is 23.4 Å². The fourth-order valence-electron chi connectivity index (χ4n) is 1.57. The molecule has 1 aliphatic rings. The van der Waals surface area contributed by atoms with Crippen LogP contribution in [0.4, 0.5) is 5.82 Å². The molecule has 14 heavy (non-hydrogen) atoms. The fraction of sp³-hybridized carbons (Fsp3) is 0.500. The predicted molar refractivity (Wildman–Crippen MR) is 56.7 cm³/mol. The van der Waals surface area contributed by atoms with Gasteiger partial charge in [0.1, 0.15) is 11.0 Å². The van der Waals surface area contributed by atoms with E-state index in [1.54, 1.807) is 13.2 Å². The normalized spacial score (nSPS) is 25.6. The van der Waals surface area contributed by atoms with Crippen molar-refractivity contribution in [2.24, 2.45) is 0 Å². The van der Waals surface area contributed by atoms with Gasteiger partial charge in [-0.1, -0.05) is 17.7 Å². The summed E-state index contributed by atoms with van der Waals surface area (Å²) in [7, 11) is 1.75. The van der Waals surface area contributed by atoms with Crippen LogP contribution in [-0.2, 0) is 4.74 Å².